The van der Waals surface area contributed by atoms with Crippen molar-refractivity contribution in [3.63, 3.8) is 0 Å². The third kappa shape index (κ3) is 2.79. The molecule has 0 radical (unpaired) electrons. The molecule has 1 aromatic rings. The van der Waals surface area contributed by atoms with Gasteiger partial charge in [0.15, 0.2) is 0 Å². The van der Waals surface area contributed by atoms with Gasteiger partial charge in [0.1, 0.15) is 5.75 Å². The van der Waals surface area contributed by atoms with Crippen LogP contribution in [0.15, 0.2) is 18.2 Å². The molecule has 3 nitrogen and oxygen atoms in total. The highest BCUT2D eigenvalue weighted by molar-refractivity contribution is 5.44. The lowest BCUT2D eigenvalue weighted by atomic mass is 9.95. The van der Waals surface area contributed by atoms with E-state index in [9.17, 15) is 0 Å². The fourth-order valence-electron chi connectivity index (χ4n) is 2.43. The van der Waals surface area contributed by atoms with Crippen LogP contribution < -0.4 is 16.0 Å². The second-order valence-corrected chi connectivity index (χ2v) is 4.65. The van der Waals surface area contributed by atoms with Crippen LogP contribution in [-0.2, 0) is 6.42 Å². The van der Waals surface area contributed by atoms with Gasteiger partial charge in [-0.3, -0.25) is 11.3 Å². The first-order valence-electron chi connectivity index (χ1n) is 6.57. The number of ether oxygens (including phenoxy) is 1. The summed E-state index contributed by atoms with van der Waals surface area (Å²) in [6.07, 6.45) is 5.67. The first kappa shape index (κ1) is 12.4. The number of nitrogens with one attached hydrogen (secondary N) is 1. The van der Waals surface area contributed by atoms with E-state index in [1.165, 1.54) is 24.0 Å². The lowest BCUT2D eigenvalue weighted by Gasteiger charge is -2.24. The molecule has 0 aromatic heterocycles. The van der Waals surface area contributed by atoms with Crippen LogP contribution in [-0.4, -0.2) is 6.61 Å². The number of rotatable bonds is 5. The standard InChI is InChI=1S/C14H22N2O/c1-2-3-9-13(16-15)12-8-4-6-11-7-5-10-17-14(11)12/h4,6,8,13,16H,2-3,5,7,9-10,15H2,1H3. The van der Waals surface area contributed by atoms with Gasteiger partial charge in [-0.1, -0.05) is 38.0 Å². The average molecular weight is 234 g/mol. The molecule has 2 rings (SSSR count). The van der Waals surface area contributed by atoms with E-state index in [4.69, 9.17) is 10.6 Å². The van der Waals surface area contributed by atoms with E-state index in [2.05, 4.69) is 30.5 Å². The van der Waals surface area contributed by atoms with Crippen molar-refractivity contribution in [1.82, 2.24) is 5.43 Å². The Bertz CT molecular complexity index is 365. The van der Waals surface area contributed by atoms with Gasteiger partial charge in [-0.05, 0) is 24.8 Å². The molecule has 0 amide bonds. The van der Waals surface area contributed by atoms with Crippen LogP contribution in [0.1, 0.15) is 49.8 Å². The molecular weight excluding hydrogens is 212 g/mol. The largest absolute Gasteiger partial charge is 0.493 e. The van der Waals surface area contributed by atoms with Crippen molar-refractivity contribution in [1.29, 1.82) is 0 Å². The maximum Gasteiger partial charge on any atom is 0.127 e. The SMILES string of the molecule is CCCCC(NN)c1cccc2c1OCCC2. The van der Waals surface area contributed by atoms with Crippen molar-refractivity contribution < 1.29 is 4.74 Å². The Morgan fingerprint density at radius 3 is 3.12 bits per heavy atom. The van der Waals surface area contributed by atoms with Gasteiger partial charge in [-0.25, -0.2) is 0 Å². The molecule has 0 aliphatic carbocycles. The molecule has 0 bridgehead atoms. The summed E-state index contributed by atoms with van der Waals surface area (Å²) in [4.78, 5) is 0. The van der Waals surface area contributed by atoms with E-state index < -0.39 is 0 Å². The predicted molar refractivity (Wildman–Crippen MR) is 69.8 cm³/mol. The summed E-state index contributed by atoms with van der Waals surface area (Å²) >= 11 is 0. The molecule has 0 fully saturated rings. The molecule has 17 heavy (non-hydrogen) atoms. The zero-order chi connectivity index (χ0) is 12.1. The lowest BCUT2D eigenvalue weighted by Crippen LogP contribution is -2.29. The van der Waals surface area contributed by atoms with E-state index >= 15 is 0 Å². The Morgan fingerprint density at radius 1 is 1.47 bits per heavy atom. The van der Waals surface area contributed by atoms with Crippen LogP contribution in [0.25, 0.3) is 0 Å². The third-order valence-corrected chi connectivity index (χ3v) is 3.39. The second-order valence-electron chi connectivity index (χ2n) is 4.65. The van der Waals surface area contributed by atoms with Gasteiger partial charge in [-0.2, -0.15) is 0 Å². The lowest BCUT2D eigenvalue weighted by molar-refractivity contribution is 0.280. The number of nitrogens with two attached hydrogens (primary N) is 1. The molecule has 1 aliphatic heterocycles. The quantitative estimate of drug-likeness (QED) is 0.608. The number of aryl methyl sites for hydroxylation is 1. The molecule has 0 spiro atoms. The Balaban J connectivity index is 2.23. The van der Waals surface area contributed by atoms with E-state index in [0.717, 1.165) is 31.6 Å². The summed E-state index contributed by atoms with van der Waals surface area (Å²) in [6.45, 7) is 3.03. The van der Waals surface area contributed by atoms with Gasteiger partial charge >= 0.3 is 0 Å². The Hall–Kier alpha value is -1.06. The van der Waals surface area contributed by atoms with Gasteiger partial charge in [0.05, 0.1) is 6.61 Å². The highest BCUT2D eigenvalue weighted by atomic mass is 16.5. The van der Waals surface area contributed by atoms with Gasteiger partial charge in [0.2, 0.25) is 0 Å². The molecular formula is C14H22N2O. The van der Waals surface area contributed by atoms with Crippen molar-refractivity contribution in [3.05, 3.63) is 29.3 Å². The topological polar surface area (TPSA) is 47.3 Å². The monoisotopic (exact) mass is 234 g/mol. The second kappa shape index (κ2) is 6.03. The van der Waals surface area contributed by atoms with Crippen LogP contribution in [0.4, 0.5) is 0 Å². The molecule has 1 atom stereocenters. The first-order chi connectivity index (χ1) is 8.36. The maximum absolute atomic E-state index is 5.82. The van der Waals surface area contributed by atoms with Crippen molar-refractivity contribution in [2.75, 3.05) is 6.61 Å². The third-order valence-electron chi connectivity index (χ3n) is 3.39. The van der Waals surface area contributed by atoms with Crippen LogP contribution in [0.3, 0.4) is 0 Å². The zero-order valence-corrected chi connectivity index (χ0v) is 10.5. The van der Waals surface area contributed by atoms with Crippen LogP contribution in [0.2, 0.25) is 0 Å². The smallest absolute Gasteiger partial charge is 0.127 e. The van der Waals surface area contributed by atoms with Crippen molar-refractivity contribution >= 4 is 0 Å². The Labute approximate surface area is 103 Å². The minimum absolute atomic E-state index is 0.211. The first-order valence-corrected chi connectivity index (χ1v) is 6.57. The molecule has 1 aromatic carbocycles. The fourth-order valence-corrected chi connectivity index (χ4v) is 2.43. The molecule has 3 N–H and O–H groups in total. The summed E-state index contributed by atoms with van der Waals surface area (Å²) in [5.41, 5.74) is 5.47. The minimum atomic E-state index is 0.211. The Kier molecular flexibility index (Phi) is 4.40. The molecule has 0 saturated heterocycles. The number of benzene rings is 1. The van der Waals surface area contributed by atoms with Gasteiger partial charge < -0.3 is 4.74 Å². The van der Waals surface area contributed by atoms with E-state index in [0.29, 0.717) is 0 Å². The van der Waals surface area contributed by atoms with Crippen LogP contribution in [0, 0.1) is 0 Å². The highest BCUT2D eigenvalue weighted by Gasteiger charge is 2.19. The number of fused-ring (bicyclic) bond motifs is 1. The summed E-state index contributed by atoms with van der Waals surface area (Å²) in [6, 6.07) is 6.61. The normalized spacial score (nSPS) is 16.1. The summed E-state index contributed by atoms with van der Waals surface area (Å²) in [7, 11) is 0. The number of para-hydroxylation sites is 1. The number of hydrazine groups is 1. The van der Waals surface area contributed by atoms with Crippen molar-refractivity contribution in [2.45, 2.75) is 45.1 Å². The maximum atomic E-state index is 5.82. The predicted octanol–water partition coefficient (Wildman–Crippen LogP) is 2.71. The molecule has 0 saturated carbocycles. The van der Waals surface area contributed by atoms with Crippen molar-refractivity contribution in [3.8, 4) is 5.75 Å². The van der Waals surface area contributed by atoms with E-state index in [-0.39, 0.29) is 6.04 Å². The van der Waals surface area contributed by atoms with Gasteiger partial charge in [-0.15, -0.1) is 0 Å². The number of unbranched alkanes of at least 4 members (excludes halogenated alkanes) is 1. The average Bonchev–Trinajstić information content (AvgIpc) is 2.40. The number of hydrogen-bond acceptors (Lipinski definition) is 3. The fraction of sp³-hybridized carbons (Fsp3) is 0.571. The molecule has 1 unspecified atom stereocenters. The van der Waals surface area contributed by atoms with Crippen LogP contribution >= 0.6 is 0 Å². The zero-order valence-electron chi connectivity index (χ0n) is 10.5. The molecule has 1 aliphatic rings. The number of hydrogen-bond donors (Lipinski definition) is 2. The minimum Gasteiger partial charge on any atom is -0.493 e. The molecule has 94 valence electrons. The van der Waals surface area contributed by atoms with E-state index in [1.807, 2.05) is 0 Å². The van der Waals surface area contributed by atoms with E-state index in [1.54, 1.807) is 0 Å². The molecule has 3 heteroatoms. The summed E-state index contributed by atoms with van der Waals surface area (Å²) in [5.74, 6) is 6.74. The van der Waals surface area contributed by atoms with Crippen molar-refractivity contribution in [2.24, 2.45) is 5.84 Å². The highest BCUT2D eigenvalue weighted by Crippen LogP contribution is 2.34. The van der Waals surface area contributed by atoms with Crippen LogP contribution in [0.5, 0.6) is 5.75 Å². The Morgan fingerprint density at radius 2 is 2.35 bits per heavy atom. The summed E-state index contributed by atoms with van der Waals surface area (Å²) in [5, 5.41) is 0. The van der Waals surface area contributed by atoms with Gasteiger partial charge in [0, 0.05) is 11.6 Å². The summed E-state index contributed by atoms with van der Waals surface area (Å²) < 4.78 is 5.82. The molecule has 1 heterocycles. The van der Waals surface area contributed by atoms with Gasteiger partial charge in [0.25, 0.3) is 0 Å².